The first-order valence-corrected chi connectivity index (χ1v) is 5.71. The minimum absolute atomic E-state index is 0.223. The van der Waals surface area contributed by atoms with Crippen LogP contribution in [-0.4, -0.2) is 6.04 Å². The fourth-order valence-corrected chi connectivity index (χ4v) is 1.64. The third kappa shape index (κ3) is 2.94. The second-order valence-corrected chi connectivity index (χ2v) is 4.36. The summed E-state index contributed by atoms with van der Waals surface area (Å²) in [6.45, 7) is 4.91. The van der Waals surface area contributed by atoms with E-state index in [1.807, 2.05) is 6.07 Å². The lowest BCUT2D eigenvalue weighted by Crippen LogP contribution is -2.21. The van der Waals surface area contributed by atoms with Crippen LogP contribution >= 0.6 is 0 Å². The largest absolute Gasteiger partial charge is 0.472 e. The maximum Gasteiger partial charge on any atom is 0.131 e. The number of benzene rings is 1. The van der Waals surface area contributed by atoms with Crippen LogP contribution in [-0.2, 0) is 6.54 Å². The SMILES string of the molecule is CC(C)NCc1ccc(F)c(-c2ccoc2)c1. The average Bonchev–Trinajstić information content (AvgIpc) is 2.81. The van der Waals surface area contributed by atoms with E-state index in [1.165, 1.54) is 6.07 Å². The Hall–Kier alpha value is -1.61. The lowest BCUT2D eigenvalue weighted by molar-refractivity contribution is 0.567. The molecular formula is C14H16FNO. The van der Waals surface area contributed by atoms with Gasteiger partial charge in [-0.25, -0.2) is 4.39 Å². The molecule has 17 heavy (non-hydrogen) atoms. The van der Waals surface area contributed by atoms with Gasteiger partial charge in [-0.1, -0.05) is 19.9 Å². The van der Waals surface area contributed by atoms with Crippen LogP contribution in [0.3, 0.4) is 0 Å². The summed E-state index contributed by atoms with van der Waals surface area (Å²) in [5.41, 5.74) is 2.42. The third-order valence-electron chi connectivity index (χ3n) is 2.58. The first-order valence-electron chi connectivity index (χ1n) is 5.71. The van der Waals surface area contributed by atoms with Crippen molar-refractivity contribution in [3.8, 4) is 11.1 Å². The molecule has 1 N–H and O–H groups in total. The predicted molar refractivity (Wildman–Crippen MR) is 66.1 cm³/mol. The Kier molecular flexibility index (Phi) is 3.59. The van der Waals surface area contributed by atoms with Crippen LogP contribution in [0.15, 0.2) is 41.2 Å². The quantitative estimate of drug-likeness (QED) is 0.873. The molecule has 0 aliphatic carbocycles. The highest BCUT2D eigenvalue weighted by molar-refractivity contribution is 5.63. The number of nitrogens with one attached hydrogen (secondary N) is 1. The molecule has 0 radical (unpaired) electrons. The second-order valence-electron chi connectivity index (χ2n) is 4.36. The first-order chi connectivity index (χ1) is 8.16. The third-order valence-corrected chi connectivity index (χ3v) is 2.58. The summed E-state index contributed by atoms with van der Waals surface area (Å²) in [4.78, 5) is 0. The van der Waals surface area contributed by atoms with Crippen molar-refractivity contribution in [1.82, 2.24) is 5.32 Å². The van der Waals surface area contributed by atoms with Gasteiger partial charge in [-0.15, -0.1) is 0 Å². The van der Waals surface area contributed by atoms with Crippen molar-refractivity contribution >= 4 is 0 Å². The Morgan fingerprint density at radius 1 is 1.29 bits per heavy atom. The molecule has 0 fully saturated rings. The molecule has 0 aliphatic rings. The van der Waals surface area contributed by atoms with Gasteiger partial charge >= 0.3 is 0 Å². The molecule has 0 saturated carbocycles. The number of furan rings is 1. The molecule has 0 spiro atoms. The van der Waals surface area contributed by atoms with Crippen LogP contribution < -0.4 is 5.32 Å². The summed E-state index contributed by atoms with van der Waals surface area (Å²) in [6, 6.07) is 7.33. The van der Waals surface area contributed by atoms with Gasteiger partial charge in [0.15, 0.2) is 0 Å². The van der Waals surface area contributed by atoms with Crippen molar-refractivity contribution < 1.29 is 8.81 Å². The van der Waals surface area contributed by atoms with E-state index in [9.17, 15) is 4.39 Å². The normalized spacial score (nSPS) is 11.1. The molecule has 1 aromatic carbocycles. The molecule has 0 saturated heterocycles. The first kappa shape index (κ1) is 11.9. The monoisotopic (exact) mass is 233 g/mol. The van der Waals surface area contributed by atoms with Crippen LogP contribution in [0.4, 0.5) is 4.39 Å². The maximum absolute atomic E-state index is 13.7. The zero-order valence-electron chi connectivity index (χ0n) is 10.0. The van der Waals surface area contributed by atoms with E-state index < -0.39 is 0 Å². The van der Waals surface area contributed by atoms with Gasteiger partial charge < -0.3 is 9.73 Å². The van der Waals surface area contributed by atoms with Crippen LogP contribution in [0, 0.1) is 5.82 Å². The summed E-state index contributed by atoms with van der Waals surface area (Å²) in [5, 5.41) is 3.31. The average molecular weight is 233 g/mol. The van der Waals surface area contributed by atoms with E-state index in [1.54, 1.807) is 24.7 Å². The van der Waals surface area contributed by atoms with Gasteiger partial charge in [-0.05, 0) is 23.8 Å². The molecule has 2 aromatic rings. The summed E-state index contributed by atoms with van der Waals surface area (Å²) >= 11 is 0. The van der Waals surface area contributed by atoms with Crippen LogP contribution in [0.5, 0.6) is 0 Å². The van der Waals surface area contributed by atoms with Crippen molar-refractivity contribution in [3.05, 3.63) is 48.2 Å². The molecule has 0 aliphatic heterocycles. The smallest absolute Gasteiger partial charge is 0.131 e. The number of rotatable bonds is 4. The molecule has 90 valence electrons. The van der Waals surface area contributed by atoms with Gasteiger partial charge in [-0.2, -0.15) is 0 Å². The zero-order chi connectivity index (χ0) is 12.3. The predicted octanol–water partition coefficient (Wildman–Crippen LogP) is 3.58. The maximum atomic E-state index is 13.7. The van der Waals surface area contributed by atoms with Gasteiger partial charge in [0.1, 0.15) is 5.82 Å². The molecule has 1 aromatic heterocycles. The zero-order valence-corrected chi connectivity index (χ0v) is 10.0. The fraction of sp³-hybridized carbons (Fsp3) is 0.286. The molecule has 2 rings (SSSR count). The highest BCUT2D eigenvalue weighted by atomic mass is 19.1. The van der Waals surface area contributed by atoms with Gasteiger partial charge in [0, 0.05) is 23.7 Å². The molecular weight excluding hydrogens is 217 g/mol. The van der Waals surface area contributed by atoms with Crippen molar-refractivity contribution in [3.63, 3.8) is 0 Å². The Labute approximate surface area is 100 Å². The summed E-state index contributed by atoms with van der Waals surface area (Å²) in [6.07, 6.45) is 3.10. The number of hydrogen-bond acceptors (Lipinski definition) is 2. The Balaban J connectivity index is 2.24. The van der Waals surface area contributed by atoms with Crippen LogP contribution in [0.2, 0.25) is 0 Å². The van der Waals surface area contributed by atoms with Crippen molar-refractivity contribution in [2.75, 3.05) is 0 Å². The molecule has 0 unspecified atom stereocenters. The van der Waals surface area contributed by atoms with Crippen molar-refractivity contribution in [2.24, 2.45) is 0 Å². The summed E-state index contributed by atoms with van der Waals surface area (Å²) in [5.74, 6) is -0.223. The molecule has 1 heterocycles. The summed E-state index contributed by atoms with van der Waals surface area (Å²) in [7, 11) is 0. The second kappa shape index (κ2) is 5.15. The van der Waals surface area contributed by atoms with Gasteiger partial charge in [-0.3, -0.25) is 0 Å². The highest BCUT2D eigenvalue weighted by Gasteiger charge is 2.07. The minimum atomic E-state index is -0.223. The van der Waals surface area contributed by atoms with E-state index in [0.29, 0.717) is 11.6 Å². The van der Waals surface area contributed by atoms with Crippen LogP contribution in [0.1, 0.15) is 19.4 Å². The number of halogens is 1. The van der Waals surface area contributed by atoms with E-state index in [2.05, 4.69) is 19.2 Å². The van der Waals surface area contributed by atoms with Crippen molar-refractivity contribution in [1.29, 1.82) is 0 Å². The van der Waals surface area contributed by atoms with E-state index in [4.69, 9.17) is 4.42 Å². The molecule has 0 atom stereocenters. The molecule has 0 bridgehead atoms. The van der Waals surface area contributed by atoms with Gasteiger partial charge in [0.25, 0.3) is 0 Å². The van der Waals surface area contributed by atoms with Crippen molar-refractivity contribution in [2.45, 2.75) is 26.4 Å². The Bertz CT molecular complexity index is 477. The topological polar surface area (TPSA) is 25.2 Å². The number of hydrogen-bond donors (Lipinski definition) is 1. The summed E-state index contributed by atoms with van der Waals surface area (Å²) < 4.78 is 18.6. The molecule has 2 nitrogen and oxygen atoms in total. The highest BCUT2D eigenvalue weighted by Crippen LogP contribution is 2.24. The lowest BCUT2D eigenvalue weighted by Gasteiger charge is -2.09. The standard InChI is InChI=1S/C14H16FNO/c1-10(2)16-8-11-3-4-14(15)13(7-11)12-5-6-17-9-12/h3-7,9-10,16H,8H2,1-2H3. The van der Waals surface area contributed by atoms with E-state index in [0.717, 1.165) is 17.7 Å². The molecule has 0 amide bonds. The molecule has 3 heteroatoms. The van der Waals surface area contributed by atoms with Gasteiger partial charge in [0.05, 0.1) is 12.5 Å². The minimum Gasteiger partial charge on any atom is -0.472 e. The Morgan fingerprint density at radius 2 is 2.12 bits per heavy atom. The lowest BCUT2D eigenvalue weighted by atomic mass is 10.0. The fourth-order valence-electron chi connectivity index (χ4n) is 1.64. The van der Waals surface area contributed by atoms with E-state index in [-0.39, 0.29) is 5.82 Å². The van der Waals surface area contributed by atoms with Gasteiger partial charge in [0.2, 0.25) is 0 Å². The van der Waals surface area contributed by atoms with Crippen LogP contribution in [0.25, 0.3) is 11.1 Å². The Morgan fingerprint density at radius 3 is 2.76 bits per heavy atom. The van der Waals surface area contributed by atoms with E-state index >= 15 is 0 Å².